The second-order valence-electron chi connectivity index (χ2n) is 14.8. The first kappa shape index (κ1) is 34.5. The number of furan rings is 1. The van der Waals surface area contributed by atoms with E-state index < -0.39 is 0 Å². The van der Waals surface area contributed by atoms with Crippen LogP contribution in [0.4, 0.5) is 0 Å². The summed E-state index contributed by atoms with van der Waals surface area (Å²) in [6.45, 7) is 6.43. The smallest absolute Gasteiger partial charge is 0.137 e. The van der Waals surface area contributed by atoms with E-state index in [9.17, 15) is 0 Å². The Hall–Kier alpha value is -6.95. The molecule has 2 N–H and O–H groups in total. The third-order valence-electron chi connectivity index (χ3n) is 11.4. The molecule has 276 valence electrons. The van der Waals surface area contributed by atoms with Crippen LogP contribution in [0.2, 0.25) is 0 Å². The minimum absolute atomic E-state index is 0.204. The molecule has 1 unspecified atom stereocenters. The molecule has 5 heteroatoms. The van der Waals surface area contributed by atoms with Gasteiger partial charge in [-0.3, -0.25) is 10.3 Å². The van der Waals surface area contributed by atoms with E-state index in [2.05, 4.69) is 174 Å². The largest absolute Gasteiger partial charge is 0.456 e. The van der Waals surface area contributed by atoms with Crippen LogP contribution >= 0.6 is 0 Å². The number of hydrogen-bond donors (Lipinski definition) is 2. The topological polar surface area (TPSA) is 54.5 Å². The van der Waals surface area contributed by atoms with Crippen molar-refractivity contribution >= 4 is 60.9 Å². The summed E-state index contributed by atoms with van der Waals surface area (Å²) in [5.41, 5.74) is 15.1. The molecule has 0 saturated heterocycles. The molecule has 10 rings (SSSR count). The number of para-hydroxylation sites is 2. The molecule has 0 spiro atoms. The third-order valence-corrected chi connectivity index (χ3v) is 11.4. The standard InChI is InChI=1S/C52H42N4O/c1-3-4-7-17-34(2)51-53-33-54-52(55-51)44-30-37(50-38(35-18-8-5-9-19-35)24-16-25-39(50)36-20-10-6-11-21-36)28-29-46(44)56-45-26-14-12-22-40(45)42-31-43-41-23-13-15-27-48(41)57-49(43)32-47(42)56/h3-27,30-32,52,54H,1,28-29,33H2,2H3,(H,53,55)/b7-4-,34-17+. The van der Waals surface area contributed by atoms with Crippen molar-refractivity contribution in [3.63, 3.8) is 0 Å². The van der Waals surface area contributed by atoms with E-state index >= 15 is 0 Å². The maximum Gasteiger partial charge on any atom is 0.137 e. The summed E-state index contributed by atoms with van der Waals surface area (Å²) >= 11 is 0. The van der Waals surface area contributed by atoms with Crippen molar-refractivity contribution in [2.75, 3.05) is 6.67 Å². The van der Waals surface area contributed by atoms with Crippen molar-refractivity contribution in [1.29, 1.82) is 0 Å². The Morgan fingerprint density at radius 3 is 2.16 bits per heavy atom. The van der Waals surface area contributed by atoms with Gasteiger partial charge in [-0.2, -0.15) is 0 Å². The van der Waals surface area contributed by atoms with Crippen molar-refractivity contribution < 1.29 is 4.42 Å². The first-order chi connectivity index (χ1) is 28.2. The minimum Gasteiger partial charge on any atom is -0.456 e. The molecule has 1 aliphatic heterocycles. The highest BCUT2D eigenvalue weighted by atomic mass is 16.3. The highest BCUT2D eigenvalue weighted by molar-refractivity contribution is 6.18. The van der Waals surface area contributed by atoms with Gasteiger partial charge in [-0.15, -0.1) is 0 Å². The molecule has 2 aliphatic rings. The zero-order chi connectivity index (χ0) is 38.3. The SMILES string of the molecule is C=C/C=C\C=C(/C)C1=NCNC(C2=C(n3c4ccccc4c4cc5c(cc43)oc3ccccc35)CCC(c3c(-c4ccccc4)cccc3-c3ccccc3)=C2)N1. The van der Waals surface area contributed by atoms with Gasteiger partial charge in [0.1, 0.15) is 23.2 Å². The molecule has 6 aromatic carbocycles. The Kier molecular flexibility index (Phi) is 8.85. The Morgan fingerprint density at radius 1 is 0.702 bits per heavy atom. The Morgan fingerprint density at radius 2 is 1.40 bits per heavy atom. The Balaban J connectivity index is 1.23. The zero-order valence-corrected chi connectivity index (χ0v) is 31.9. The number of rotatable bonds is 8. The van der Waals surface area contributed by atoms with Crippen LogP contribution in [-0.2, 0) is 0 Å². The predicted molar refractivity (Wildman–Crippen MR) is 240 cm³/mol. The average molecular weight is 739 g/mol. The number of nitrogens with one attached hydrogen (secondary N) is 2. The van der Waals surface area contributed by atoms with E-state index in [-0.39, 0.29) is 6.17 Å². The van der Waals surface area contributed by atoms with Gasteiger partial charge in [-0.1, -0.05) is 146 Å². The van der Waals surface area contributed by atoms with Crippen LogP contribution < -0.4 is 10.6 Å². The summed E-state index contributed by atoms with van der Waals surface area (Å²) in [6, 6.07) is 50.0. The van der Waals surface area contributed by atoms with Crippen LogP contribution in [0.1, 0.15) is 25.3 Å². The molecule has 0 fully saturated rings. The molecule has 2 aromatic heterocycles. The summed E-state index contributed by atoms with van der Waals surface area (Å²) in [6.07, 6.45) is 11.8. The number of aromatic nitrogens is 1. The quantitative estimate of drug-likeness (QED) is 0.153. The molecular weight excluding hydrogens is 697 g/mol. The fourth-order valence-electron chi connectivity index (χ4n) is 8.75. The van der Waals surface area contributed by atoms with E-state index in [1.807, 2.05) is 18.2 Å². The van der Waals surface area contributed by atoms with Crippen molar-refractivity contribution in [2.45, 2.75) is 25.9 Å². The lowest BCUT2D eigenvalue weighted by atomic mass is 9.82. The van der Waals surface area contributed by atoms with Crippen LogP contribution in [0, 0.1) is 0 Å². The number of fused-ring (bicyclic) bond motifs is 6. The lowest BCUT2D eigenvalue weighted by Crippen LogP contribution is -2.51. The maximum absolute atomic E-state index is 6.51. The number of hydrogen-bond acceptors (Lipinski definition) is 4. The fraction of sp³-hybridized carbons (Fsp3) is 0.0962. The predicted octanol–water partition coefficient (Wildman–Crippen LogP) is 12.7. The van der Waals surface area contributed by atoms with Crippen LogP contribution in [0.25, 0.3) is 77.3 Å². The van der Waals surface area contributed by atoms with Gasteiger partial charge >= 0.3 is 0 Å². The normalized spacial score (nSPS) is 16.4. The summed E-state index contributed by atoms with van der Waals surface area (Å²) in [5, 5.41) is 12.3. The molecule has 0 amide bonds. The van der Waals surface area contributed by atoms with Crippen molar-refractivity contribution in [2.24, 2.45) is 4.99 Å². The summed E-state index contributed by atoms with van der Waals surface area (Å²) in [7, 11) is 0. The van der Waals surface area contributed by atoms with Gasteiger partial charge in [-0.05, 0) is 83.0 Å². The first-order valence-corrected chi connectivity index (χ1v) is 19.7. The molecule has 0 bridgehead atoms. The average Bonchev–Trinajstić information content (AvgIpc) is 3.80. The molecule has 0 saturated carbocycles. The van der Waals surface area contributed by atoms with Crippen LogP contribution in [0.15, 0.2) is 197 Å². The summed E-state index contributed by atoms with van der Waals surface area (Å²) < 4.78 is 9.00. The van der Waals surface area contributed by atoms with E-state index in [0.29, 0.717) is 6.67 Å². The van der Waals surface area contributed by atoms with Gasteiger partial charge in [0.05, 0.1) is 17.7 Å². The Labute approximate surface area is 332 Å². The number of aliphatic imine (C=N–C) groups is 1. The number of benzene rings is 6. The van der Waals surface area contributed by atoms with E-state index in [4.69, 9.17) is 9.41 Å². The van der Waals surface area contributed by atoms with E-state index in [1.54, 1.807) is 6.08 Å². The Bertz CT molecular complexity index is 2950. The highest BCUT2D eigenvalue weighted by Crippen LogP contribution is 2.45. The lowest BCUT2D eigenvalue weighted by Gasteiger charge is -2.33. The van der Waals surface area contributed by atoms with Gasteiger partial charge in [0, 0.05) is 38.9 Å². The summed E-state index contributed by atoms with van der Waals surface area (Å²) in [4.78, 5) is 4.88. The first-order valence-electron chi connectivity index (χ1n) is 19.7. The molecule has 5 nitrogen and oxygen atoms in total. The molecule has 3 heterocycles. The molecule has 1 atom stereocenters. The van der Waals surface area contributed by atoms with Gasteiger partial charge in [0.15, 0.2) is 0 Å². The monoisotopic (exact) mass is 738 g/mol. The third kappa shape index (κ3) is 6.13. The highest BCUT2D eigenvalue weighted by Gasteiger charge is 2.29. The van der Waals surface area contributed by atoms with E-state index in [1.165, 1.54) is 60.9 Å². The number of nitrogens with zero attached hydrogens (tertiary/aromatic N) is 2. The van der Waals surface area contributed by atoms with Gasteiger partial charge < -0.3 is 14.3 Å². The summed E-state index contributed by atoms with van der Waals surface area (Å²) in [5.74, 6) is 0.876. The van der Waals surface area contributed by atoms with Crippen molar-refractivity contribution in [3.05, 3.63) is 193 Å². The van der Waals surface area contributed by atoms with Crippen LogP contribution in [0.3, 0.4) is 0 Å². The van der Waals surface area contributed by atoms with Crippen LogP contribution in [0.5, 0.6) is 0 Å². The van der Waals surface area contributed by atoms with Gasteiger partial charge in [0.25, 0.3) is 0 Å². The maximum atomic E-state index is 6.51. The number of amidine groups is 1. The van der Waals surface area contributed by atoms with Gasteiger partial charge in [-0.25, -0.2) is 0 Å². The second kappa shape index (κ2) is 14.6. The molecule has 8 aromatic rings. The lowest BCUT2D eigenvalue weighted by molar-refractivity contribution is 0.532. The van der Waals surface area contributed by atoms with Crippen molar-refractivity contribution in [1.82, 2.24) is 15.2 Å². The minimum atomic E-state index is -0.204. The second-order valence-corrected chi connectivity index (χ2v) is 14.8. The van der Waals surface area contributed by atoms with Crippen molar-refractivity contribution in [3.8, 4) is 22.3 Å². The van der Waals surface area contributed by atoms with Crippen LogP contribution in [-0.4, -0.2) is 23.2 Å². The molecular formula is C52H42N4O. The zero-order valence-electron chi connectivity index (χ0n) is 31.9. The van der Waals surface area contributed by atoms with Gasteiger partial charge in [0.2, 0.25) is 0 Å². The molecule has 0 radical (unpaired) electrons. The molecule has 1 aliphatic carbocycles. The molecule has 57 heavy (non-hydrogen) atoms. The fourth-order valence-corrected chi connectivity index (χ4v) is 8.75. The number of allylic oxidation sites excluding steroid dienone is 6. The van der Waals surface area contributed by atoms with E-state index in [0.717, 1.165) is 51.7 Å².